The van der Waals surface area contributed by atoms with Gasteiger partial charge in [-0.3, -0.25) is 0 Å². The summed E-state index contributed by atoms with van der Waals surface area (Å²) < 4.78 is 0. The van der Waals surface area contributed by atoms with Crippen LogP contribution in [0.15, 0.2) is 18.3 Å². The van der Waals surface area contributed by atoms with Crippen molar-refractivity contribution in [2.24, 2.45) is 5.73 Å². The third-order valence-electron chi connectivity index (χ3n) is 2.57. The zero-order chi connectivity index (χ0) is 12.1. The minimum absolute atomic E-state index is 0.0179. The van der Waals surface area contributed by atoms with Crippen molar-refractivity contribution in [3.63, 3.8) is 0 Å². The van der Waals surface area contributed by atoms with Gasteiger partial charge >= 0.3 is 0 Å². The molecule has 4 heteroatoms. The summed E-state index contributed by atoms with van der Waals surface area (Å²) in [6.07, 6.45) is 2.28. The predicted octanol–water partition coefficient (Wildman–Crippen LogP) is 1.31. The Balaban J connectivity index is 2.59. The summed E-state index contributed by atoms with van der Waals surface area (Å²) in [7, 11) is 1.97. The molecular weight excluding hydrogens is 202 g/mol. The Labute approximate surface area is 97.1 Å². The summed E-state index contributed by atoms with van der Waals surface area (Å²) in [5.41, 5.74) is 6.79. The average molecular weight is 223 g/mol. The van der Waals surface area contributed by atoms with Gasteiger partial charge < -0.3 is 15.7 Å². The Bertz CT molecular complexity index is 309. The highest BCUT2D eigenvalue weighted by molar-refractivity contribution is 5.38. The molecule has 0 aliphatic carbocycles. The van der Waals surface area contributed by atoms with E-state index in [9.17, 15) is 5.11 Å². The topological polar surface area (TPSA) is 62.4 Å². The quantitative estimate of drug-likeness (QED) is 0.790. The largest absolute Gasteiger partial charge is 0.393 e. The lowest BCUT2D eigenvalue weighted by Crippen LogP contribution is -2.22. The first-order valence-electron chi connectivity index (χ1n) is 5.61. The highest BCUT2D eigenvalue weighted by Crippen LogP contribution is 2.13. The van der Waals surface area contributed by atoms with Crippen LogP contribution in [0.25, 0.3) is 0 Å². The number of aliphatic hydroxyl groups is 1. The number of aromatic nitrogens is 1. The van der Waals surface area contributed by atoms with Crippen molar-refractivity contribution in [2.45, 2.75) is 32.4 Å². The third-order valence-corrected chi connectivity index (χ3v) is 2.57. The fourth-order valence-corrected chi connectivity index (χ4v) is 1.39. The van der Waals surface area contributed by atoms with Crippen LogP contribution in [-0.2, 0) is 0 Å². The second-order valence-corrected chi connectivity index (χ2v) is 4.30. The van der Waals surface area contributed by atoms with Crippen LogP contribution in [0.1, 0.15) is 31.9 Å². The van der Waals surface area contributed by atoms with Gasteiger partial charge in [-0.2, -0.15) is 0 Å². The Kier molecular flexibility index (Phi) is 4.71. The molecule has 1 aromatic rings. The maximum Gasteiger partial charge on any atom is 0.128 e. The van der Waals surface area contributed by atoms with Crippen LogP contribution in [0.5, 0.6) is 0 Å². The van der Waals surface area contributed by atoms with Gasteiger partial charge in [0.2, 0.25) is 0 Å². The van der Waals surface area contributed by atoms with Gasteiger partial charge in [0.1, 0.15) is 5.82 Å². The molecule has 4 nitrogen and oxygen atoms in total. The molecule has 0 radical (unpaired) electrons. The molecule has 3 N–H and O–H groups in total. The van der Waals surface area contributed by atoms with E-state index in [1.54, 1.807) is 13.1 Å². The van der Waals surface area contributed by atoms with E-state index in [4.69, 9.17) is 5.73 Å². The number of pyridine rings is 1. The van der Waals surface area contributed by atoms with Gasteiger partial charge in [0, 0.05) is 25.8 Å². The van der Waals surface area contributed by atoms with E-state index in [1.165, 1.54) is 0 Å². The van der Waals surface area contributed by atoms with Crippen molar-refractivity contribution in [3.8, 4) is 0 Å². The summed E-state index contributed by atoms with van der Waals surface area (Å²) in [6, 6.07) is 3.97. The van der Waals surface area contributed by atoms with Crippen molar-refractivity contribution in [2.75, 3.05) is 18.5 Å². The normalized spacial score (nSPS) is 14.6. The predicted molar refractivity (Wildman–Crippen MR) is 66.4 cm³/mol. The molecule has 0 bridgehead atoms. The molecule has 0 aliphatic rings. The van der Waals surface area contributed by atoms with E-state index in [0.717, 1.165) is 24.3 Å². The molecule has 0 fully saturated rings. The zero-order valence-electron chi connectivity index (χ0n) is 10.2. The molecule has 0 spiro atoms. The van der Waals surface area contributed by atoms with Crippen molar-refractivity contribution in [1.82, 2.24) is 4.98 Å². The Morgan fingerprint density at radius 1 is 1.44 bits per heavy atom. The van der Waals surface area contributed by atoms with Crippen LogP contribution in [-0.4, -0.2) is 29.8 Å². The highest BCUT2D eigenvalue weighted by Gasteiger charge is 2.05. The smallest absolute Gasteiger partial charge is 0.128 e. The van der Waals surface area contributed by atoms with Gasteiger partial charge in [-0.05, 0) is 31.9 Å². The molecule has 1 heterocycles. The first kappa shape index (κ1) is 12.9. The van der Waals surface area contributed by atoms with Crippen LogP contribution in [0, 0.1) is 0 Å². The molecule has 1 aromatic heterocycles. The summed E-state index contributed by atoms with van der Waals surface area (Å²) in [5.74, 6) is 0.907. The Morgan fingerprint density at radius 3 is 2.56 bits per heavy atom. The Hall–Kier alpha value is -1.13. The molecule has 0 saturated heterocycles. The van der Waals surface area contributed by atoms with E-state index < -0.39 is 0 Å². The minimum atomic E-state index is -0.272. The molecule has 16 heavy (non-hydrogen) atoms. The number of anilines is 1. The lowest BCUT2D eigenvalue weighted by atomic mass is 10.1. The van der Waals surface area contributed by atoms with E-state index in [0.29, 0.717) is 0 Å². The maximum absolute atomic E-state index is 9.20. The molecule has 0 aromatic carbocycles. The average Bonchev–Trinajstić information content (AvgIpc) is 2.26. The maximum atomic E-state index is 9.20. The SMILES string of the molecule is CC(O)CCN(C)c1ccc([C@@H](C)N)cn1. The minimum Gasteiger partial charge on any atom is -0.393 e. The fourth-order valence-electron chi connectivity index (χ4n) is 1.39. The number of hydrogen-bond acceptors (Lipinski definition) is 4. The van der Waals surface area contributed by atoms with Gasteiger partial charge in [0.05, 0.1) is 6.10 Å². The second kappa shape index (κ2) is 5.82. The first-order chi connectivity index (χ1) is 7.50. The molecule has 90 valence electrons. The van der Waals surface area contributed by atoms with Crippen molar-refractivity contribution >= 4 is 5.82 Å². The van der Waals surface area contributed by atoms with Crippen LogP contribution in [0.2, 0.25) is 0 Å². The van der Waals surface area contributed by atoms with Crippen LogP contribution in [0.4, 0.5) is 5.82 Å². The summed E-state index contributed by atoms with van der Waals surface area (Å²) in [5, 5.41) is 9.20. The van der Waals surface area contributed by atoms with Crippen LogP contribution in [0.3, 0.4) is 0 Å². The molecular formula is C12H21N3O. The Morgan fingerprint density at radius 2 is 2.12 bits per heavy atom. The monoisotopic (exact) mass is 223 g/mol. The molecule has 0 amide bonds. The standard InChI is InChI=1S/C12H21N3O/c1-9(16)6-7-15(3)12-5-4-11(8-14-12)10(2)13/h4-5,8-10,16H,6-7,13H2,1-3H3/t9?,10-/m1/s1. The van der Waals surface area contributed by atoms with E-state index in [-0.39, 0.29) is 12.1 Å². The number of rotatable bonds is 5. The summed E-state index contributed by atoms with van der Waals surface area (Å²) in [4.78, 5) is 6.37. The van der Waals surface area contributed by atoms with Crippen molar-refractivity contribution in [3.05, 3.63) is 23.9 Å². The van der Waals surface area contributed by atoms with Crippen molar-refractivity contribution in [1.29, 1.82) is 0 Å². The third kappa shape index (κ3) is 3.79. The number of nitrogens with two attached hydrogens (primary N) is 1. The van der Waals surface area contributed by atoms with E-state index in [2.05, 4.69) is 4.98 Å². The summed E-state index contributed by atoms with van der Waals surface area (Å²) >= 11 is 0. The van der Waals surface area contributed by atoms with Gasteiger partial charge in [-0.25, -0.2) is 4.98 Å². The summed E-state index contributed by atoms with van der Waals surface area (Å²) in [6.45, 7) is 4.52. The lowest BCUT2D eigenvalue weighted by molar-refractivity contribution is 0.187. The number of aliphatic hydroxyl groups excluding tert-OH is 1. The molecule has 1 unspecified atom stereocenters. The molecule has 0 saturated carbocycles. The molecule has 1 rings (SSSR count). The van der Waals surface area contributed by atoms with Gasteiger partial charge in [-0.15, -0.1) is 0 Å². The first-order valence-corrected chi connectivity index (χ1v) is 5.61. The van der Waals surface area contributed by atoms with Crippen molar-refractivity contribution < 1.29 is 5.11 Å². The van der Waals surface area contributed by atoms with Gasteiger partial charge in [0.25, 0.3) is 0 Å². The highest BCUT2D eigenvalue weighted by atomic mass is 16.3. The van der Waals surface area contributed by atoms with Crippen LogP contribution < -0.4 is 10.6 Å². The zero-order valence-corrected chi connectivity index (χ0v) is 10.2. The van der Waals surface area contributed by atoms with Gasteiger partial charge in [0.15, 0.2) is 0 Å². The van der Waals surface area contributed by atoms with Crippen LogP contribution >= 0.6 is 0 Å². The fraction of sp³-hybridized carbons (Fsp3) is 0.583. The van der Waals surface area contributed by atoms with Gasteiger partial charge in [-0.1, -0.05) is 6.07 Å². The molecule has 2 atom stereocenters. The number of hydrogen-bond donors (Lipinski definition) is 2. The van der Waals surface area contributed by atoms with E-state index in [1.807, 2.05) is 31.0 Å². The molecule has 0 aliphatic heterocycles. The second-order valence-electron chi connectivity index (χ2n) is 4.30. The number of nitrogens with zero attached hydrogens (tertiary/aromatic N) is 2. The lowest BCUT2D eigenvalue weighted by Gasteiger charge is -2.19. The van der Waals surface area contributed by atoms with E-state index >= 15 is 0 Å².